The third kappa shape index (κ3) is 1.53. The van der Waals surface area contributed by atoms with Gasteiger partial charge in [-0.1, -0.05) is 60.0 Å². The zero-order valence-corrected chi connectivity index (χ0v) is 11.9. The van der Waals surface area contributed by atoms with Gasteiger partial charge < -0.3 is 0 Å². The molecule has 0 saturated carbocycles. The maximum absolute atomic E-state index is 6.24. The largest absolute Gasteiger partial charge is 0.114 e. The van der Waals surface area contributed by atoms with E-state index < -0.39 is 0 Å². The maximum Gasteiger partial charge on any atom is 0.114 e. The molecule has 4 aromatic carbocycles. The lowest BCUT2D eigenvalue weighted by molar-refractivity contribution is 1.56. The van der Waals surface area contributed by atoms with Crippen LogP contribution in [0.5, 0.6) is 0 Å². The Morgan fingerprint density at radius 2 is 1.33 bits per heavy atom. The molecule has 21 heavy (non-hydrogen) atoms. The van der Waals surface area contributed by atoms with Crippen LogP contribution < -0.4 is 10.9 Å². The molecule has 4 aromatic rings. The lowest BCUT2D eigenvalue weighted by atomic mass is 9.79. The van der Waals surface area contributed by atoms with Crippen molar-refractivity contribution in [3.63, 3.8) is 0 Å². The fraction of sp³-hybridized carbons (Fsp3) is 0.0526. The van der Waals surface area contributed by atoms with Gasteiger partial charge in [-0.3, -0.25) is 0 Å². The highest BCUT2D eigenvalue weighted by molar-refractivity contribution is 6.46. The second kappa shape index (κ2) is 4.14. The molecule has 0 unspecified atom stereocenters. The van der Waals surface area contributed by atoms with Crippen molar-refractivity contribution < 1.29 is 0 Å². The molecule has 0 aliphatic rings. The molecule has 94 valence electrons. The molecular weight excluding hydrogens is 250 g/mol. The summed E-state index contributed by atoms with van der Waals surface area (Å²) < 4.78 is 0. The van der Waals surface area contributed by atoms with Crippen LogP contribution in [-0.4, -0.2) is 15.7 Å². The molecule has 0 N–H and O–H groups in total. The Kier molecular flexibility index (Phi) is 2.47. The van der Waals surface area contributed by atoms with E-state index in [2.05, 4.69) is 37.8 Å². The van der Waals surface area contributed by atoms with Crippen molar-refractivity contribution in [2.75, 3.05) is 0 Å². The summed E-state index contributed by atoms with van der Waals surface area (Å²) >= 11 is 0. The van der Waals surface area contributed by atoms with Crippen LogP contribution in [-0.2, 0) is 0 Å². The minimum atomic E-state index is 0.784. The molecule has 0 fully saturated rings. The third-order valence-corrected chi connectivity index (χ3v) is 4.42. The van der Waals surface area contributed by atoms with E-state index in [1.807, 2.05) is 18.2 Å². The first-order valence-electron chi connectivity index (χ1n) is 7.00. The van der Waals surface area contributed by atoms with Crippen molar-refractivity contribution in [1.82, 2.24) is 0 Å². The van der Waals surface area contributed by atoms with Crippen molar-refractivity contribution in [3.05, 3.63) is 54.1 Å². The van der Waals surface area contributed by atoms with E-state index in [4.69, 9.17) is 15.7 Å². The zero-order valence-electron chi connectivity index (χ0n) is 11.9. The lowest BCUT2D eigenvalue weighted by Crippen LogP contribution is -2.09. The number of hydrogen-bond acceptors (Lipinski definition) is 0. The Morgan fingerprint density at radius 3 is 2.00 bits per heavy atom. The van der Waals surface area contributed by atoms with Gasteiger partial charge in [-0.15, -0.1) is 0 Å². The normalized spacial score (nSPS) is 11.7. The fourth-order valence-corrected chi connectivity index (χ4v) is 3.43. The van der Waals surface area contributed by atoms with Crippen LogP contribution in [0.1, 0.15) is 11.1 Å². The lowest BCUT2D eigenvalue weighted by Gasteiger charge is -2.17. The Balaban J connectivity index is 2.45. The molecule has 0 nitrogen and oxygen atoms in total. The SMILES string of the molecule is [B]c1cc(C)c2ccc3c([B])cc(C=C)c4ccc1c2c34. The first-order chi connectivity index (χ1) is 10.1. The van der Waals surface area contributed by atoms with Gasteiger partial charge in [0.05, 0.1) is 0 Å². The summed E-state index contributed by atoms with van der Waals surface area (Å²) in [5.74, 6) is 0. The fourth-order valence-electron chi connectivity index (χ4n) is 3.43. The molecule has 2 heteroatoms. The van der Waals surface area contributed by atoms with Crippen LogP contribution in [0.15, 0.2) is 43.0 Å². The molecule has 0 aliphatic heterocycles. The van der Waals surface area contributed by atoms with Gasteiger partial charge in [0.25, 0.3) is 0 Å². The molecule has 0 heterocycles. The topological polar surface area (TPSA) is 0 Å². The zero-order chi connectivity index (χ0) is 14.7. The van der Waals surface area contributed by atoms with Gasteiger partial charge in [0.15, 0.2) is 0 Å². The monoisotopic (exact) mass is 262 g/mol. The first-order valence-corrected chi connectivity index (χ1v) is 7.00. The van der Waals surface area contributed by atoms with E-state index in [1.165, 1.54) is 27.1 Å². The minimum Gasteiger partial charge on any atom is -0.0984 e. The Morgan fingerprint density at radius 1 is 0.810 bits per heavy atom. The van der Waals surface area contributed by atoms with E-state index >= 15 is 0 Å². The van der Waals surface area contributed by atoms with Gasteiger partial charge in [0.1, 0.15) is 15.7 Å². The van der Waals surface area contributed by atoms with Crippen molar-refractivity contribution in [2.24, 2.45) is 0 Å². The quantitative estimate of drug-likeness (QED) is 0.365. The number of aryl methyl sites for hydroxylation is 1. The molecule has 0 spiro atoms. The van der Waals surface area contributed by atoms with E-state index in [1.54, 1.807) is 0 Å². The summed E-state index contributed by atoms with van der Waals surface area (Å²) in [6.07, 6.45) is 1.86. The summed E-state index contributed by atoms with van der Waals surface area (Å²) in [6.45, 7) is 6.01. The third-order valence-electron chi connectivity index (χ3n) is 4.42. The highest BCUT2D eigenvalue weighted by Crippen LogP contribution is 2.35. The van der Waals surface area contributed by atoms with E-state index in [-0.39, 0.29) is 0 Å². The highest BCUT2D eigenvalue weighted by Gasteiger charge is 2.13. The van der Waals surface area contributed by atoms with Gasteiger partial charge in [0, 0.05) is 0 Å². The summed E-state index contributed by atoms with van der Waals surface area (Å²) in [6, 6.07) is 12.5. The molecule has 0 atom stereocenters. The van der Waals surface area contributed by atoms with Gasteiger partial charge in [0.2, 0.25) is 0 Å². The molecule has 4 rings (SSSR count). The molecular formula is C19H12B2. The molecule has 0 aliphatic carbocycles. The average Bonchev–Trinajstić information content (AvgIpc) is 2.48. The standard InChI is InChI=1S/C19H12B2/c1-3-11-9-17(21)15-6-4-12-10(2)8-16(20)14-7-5-13(11)19(15)18(12)14/h3-9H,1H2,2H3. The average molecular weight is 262 g/mol. The Hall–Kier alpha value is -2.21. The summed E-state index contributed by atoms with van der Waals surface area (Å²) in [7, 11) is 12.5. The summed E-state index contributed by atoms with van der Waals surface area (Å²) in [5.41, 5.74) is 3.86. The highest BCUT2D eigenvalue weighted by atomic mass is 14.2. The predicted octanol–water partition coefficient (Wildman–Crippen LogP) is 3.12. The van der Waals surface area contributed by atoms with Crippen molar-refractivity contribution in [2.45, 2.75) is 6.92 Å². The molecule has 4 radical (unpaired) electrons. The number of hydrogen-bond donors (Lipinski definition) is 0. The predicted molar refractivity (Wildman–Crippen MR) is 95.8 cm³/mol. The van der Waals surface area contributed by atoms with Crippen LogP contribution >= 0.6 is 0 Å². The Bertz CT molecular complexity index is 1010. The van der Waals surface area contributed by atoms with Gasteiger partial charge >= 0.3 is 0 Å². The summed E-state index contributed by atoms with van der Waals surface area (Å²) in [5, 5.41) is 6.98. The van der Waals surface area contributed by atoms with Crippen LogP contribution in [0.4, 0.5) is 0 Å². The maximum atomic E-state index is 6.24. The van der Waals surface area contributed by atoms with Gasteiger partial charge in [-0.2, -0.15) is 0 Å². The smallest absolute Gasteiger partial charge is 0.0984 e. The van der Waals surface area contributed by atoms with Gasteiger partial charge in [-0.25, -0.2) is 0 Å². The van der Waals surface area contributed by atoms with Crippen LogP contribution in [0.25, 0.3) is 38.4 Å². The molecule has 0 saturated heterocycles. The van der Waals surface area contributed by atoms with Crippen LogP contribution in [0, 0.1) is 6.92 Å². The van der Waals surface area contributed by atoms with E-state index in [0.29, 0.717) is 0 Å². The van der Waals surface area contributed by atoms with E-state index in [0.717, 1.165) is 27.3 Å². The number of rotatable bonds is 1. The minimum absolute atomic E-state index is 0.784. The number of benzene rings is 4. The van der Waals surface area contributed by atoms with Crippen molar-refractivity contribution in [1.29, 1.82) is 0 Å². The van der Waals surface area contributed by atoms with E-state index in [9.17, 15) is 0 Å². The first kappa shape index (κ1) is 12.5. The Labute approximate surface area is 126 Å². The second-order valence-electron chi connectivity index (χ2n) is 5.61. The van der Waals surface area contributed by atoms with Crippen molar-refractivity contribution >= 4 is 65.0 Å². The van der Waals surface area contributed by atoms with Crippen LogP contribution in [0.3, 0.4) is 0 Å². The molecule has 0 aromatic heterocycles. The molecule has 0 bridgehead atoms. The molecule has 0 amide bonds. The second-order valence-corrected chi connectivity index (χ2v) is 5.61. The summed E-state index contributed by atoms with van der Waals surface area (Å²) in [4.78, 5) is 0. The van der Waals surface area contributed by atoms with Gasteiger partial charge in [-0.05, 0) is 50.4 Å². The van der Waals surface area contributed by atoms with Crippen molar-refractivity contribution in [3.8, 4) is 0 Å². The van der Waals surface area contributed by atoms with Crippen LogP contribution in [0.2, 0.25) is 0 Å².